The molecule has 2 bridgehead atoms. The van der Waals surface area contributed by atoms with Gasteiger partial charge in [0.15, 0.2) is 0 Å². The number of hydrogen-bond donors (Lipinski definition) is 0. The maximum Gasteiger partial charge on any atom is 0.150 e. The zero-order chi connectivity index (χ0) is 46.0. The molecule has 1 aliphatic heterocycles. The summed E-state index contributed by atoms with van der Waals surface area (Å²) in [6, 6.07) is 41.6. The molecule has 11 rings (SSSR count). The van der Waals surface area contributed by atoms with Crippen molar-refractivity contribution in [3.63, 3.8) is 0 Å². The number of aromatic nitrogens is 1. The van der Waals surface area contributed by atoms with Crippen LogP contribution in [0.4, 0.5) is 0 Å². The van der Waals surface area contributed by atoms with Gasteiger partial charge in [0.05, 0.1) is 17.1 Å². The third-order valence-electron chi connectivity index (χ3n) is 13.9. The molecule has 1 aromatic heterocycles. The van der Waals surface area contributed by atoms with Crippen LogP contribution < -0.4 is 0 Å². The van der Waals surface area contributed by atoms with E-state index < -0.39 is 0 Å². The Hall–Kier alpha value is -8.01. The van der Waals surface area contributed by atoms with Gasteiger partial charge in [0.25, 0.3) is 0 Å². The van der Waals surface area contributed by atoms with E-state index in [0.717, 1.165) is 81.1 Å². The molecule has 0 saturated carbocycles. The SMILES string of the molecule is C=C(N=C(C1=C(C)C2=CC(C3=CCC=CC=C3)=CC=CC2O1)c1ccc(-c2ccccc2)cc1)c1cc2c(cc1-n1cccccc(C)c3c1C=CCC=C3)C1C=CC=CC(C1)c1ccccc1-2. The summed E-state index contributed by atoms with van der Waals surface area (Å²) in [5, 5.41) is 0. The third-order valence-corrected chi connectivity index (χ3v) is 13.9. The number of nitrogens with zero attached hydrogens (tertiary/aromatic N) is 2. The van der Waals surface area contributed by atoms with Crippen molar-refractivity contribution in [2.45, 2.75) is 51.0 Å². The fraction of sp³-hybridized carbons (Fsp3) is 0.123. The minimum absolute atomic E-state index is 0.203. The monoisotopic (exact) mass is 878 g/mol. The first kappa shape index (κ1) is 42.6. The van der Waals surface area contributed by atoms with Gasteiger partial charge >= 0.3 is 0 Å². The van der Waals surface area contributed by atoms with Crippen molar-refractivity contribution in [3.8, 4) is 27.9 Å². The second kappa shape index (κ2) is 18.7. The van der Waals surface area contributed by atoms with Crippen molar-refractivity contribution in [2.75, 3.05) is 0 Å². The molecule has 0 saturated heterocycles. The minimum atomic E-state index is -0.265. The van der Waals surface area contributed by atoms with Gasteiger partial charge in [0.1, 0.15) is 17.6 Å². The van der Waals surface area contributed by atoms with E-state index in [-0.39, 0.29) is 17.9 Å². The number of allylic oxidation sites excluding steroid dienone is 17. The fourth-order valence-electron chi connectivity index (χ4n) is 10.4. The smallest absolute Gasteiger partial charge is 0.150 e. The highest BCUT2D eigenvalue weighted by Gasteiger charge is 2.33. The van der Waals surface area contributed by atoms with Gasteiger partial charge in [-0.2, -0.15) is 0 Å². The van der Waals surface area contributed by atoms with Crippen LogP contribution in [0.2, 0.25) is 0 Å². The van der Waals surface area contributed by atoms with Gasteiger partial charge in [0.2, 0.25) is 0 Å². The van der Waals surface area contributed by atoms with E-state index in [2.05, 4.69) is 243 Å². The molecule has 3 heteroatoms. The number of aliphatic imine (C=N–C) groups is 1. The summed E-state index contributed by atoms with van der Waals surface area (Å²) in [5.74, 6) is 1.25. The maximum atomic E-state index is 7.08. The number of ether oxygens (including phenoxy) is 1. The molecule has 5 aliphatic carbocycles. The van der Waals surface area contributed by atoms with Crippen molar-refractivity contribution in [3.05, 3.63) is 286 Å². The van der Waals surface area contributed by atoms with E-state index in [1.165, 1.54) is 39.0 Å². The van der Waals surface area contributed by atoms with Crippen LogP contribution in [-0.4, -0.2) is 16.4 Å². The lowest BCUT2D eigenvalue weighted by atomic mass is 9.87. The predicted molar refractivity (Wildman–Crippen MR) is 286 cm³/mol. The molecule has 6 aliphatic rings. The fourth-order valence-corrected chi connectivity index (χ4v) is 10.4. The summed E-state index contributed by atoms with van der Waals surface area (Å²) in [6.07, 6.45) is 42.6. The van der Waals surface area contributed by atoms with Crippen molar-refractivity contribution < 1.29 is 4.74 Å². The average molecular weight is 879 g/mol. The first-order valence-electron chi connectivity index (χ1n) is 24.0. The lowest BCUT2D eigenvalue weighted by Crippen LogP contribution is -2.11. The molecule has 4 aromatic carbocycles. The maximum absolute atomic E-state index is 7.08. The second-order valence-corrected chi connectivity index (χ2v) is 18.2. The van der Waals surface area contributed by atoms with E-state index in [4.69, 9.17) is 16.3 Å². The normalized spacial score (nSPS) is 19.6. The van der Waals surface area contributed by atoms with Crippen LogP contribution in [0.5, 0.6) is 0 Å². The molecule has 2 heterocycles. The summed E-state index contributed by atoms with van der Waals surface area (Å²) >= 11 is 0. The zero-order valence-electron chi connectivity index (χ0n) is 38.7. The summed E-state index contributed by atoms with van der Waals surface area (Å²) in [7, 11) is 0. The van der Waals surface area contributed by atoms with Gasteiger partial charge in [-0.05, 0) is 120 Å². The highest BCUT2D eigenvalue weighted by Crippen LogP contribution is 2.48. The Morgan fingerprint density at radius 1 is 0.662 bits per heavy atom. The predicted octanol–water partition coefficient (Wildman–Crippen LogP) is 16.4. The van der Waals surface area contributed by atoms with Gasteiger partial charge in [-0.3, -0.25) is 0 Å². The van der Waals surface area contributed by atoms with Gasteiger partial charge < -0.3 is 9.30 Å². The number of benzene rings is 4. The first-order valence-corrected chi connectivity index (χ1v) is 24.0. The van der Waals surface area contributed by atoms with Crippen LogP contribution in [-0.2, 0) is 4.74 Å². The lowest BCUT2D eigenvalue weighted by Gasteiger charge is -2.23. The number of fused-ring (bicyclic) bond motifs is 9. The first-order chi connectivity index (χ1) is 33.5. The minimum Gasteiger partial charge on any atom is -0.479 e. The molecular formula is C65H54N2O. The number of hydrogen-bond acceptors (Lipinski definition) is 2. The van der Waals surface area contributed by atoms with Gasteiger partial charge in [0, 0.05) is 45.9 Å². The topological polar surface area (TPSA) is 26.5 Å². The largest absolute Gasteiger partial charge is 0.479 e. The number of rotatable bonds is 7. The number of aryl methyl sites for hydroxylation is 1. The quantitative estimate of drug-likeness (QED) is 0.150. The summed E-state index contributed by atoms with van der Waals surface area (Å²) in [6.45, 7) is 9.31. The Bertz CT molecular complexity index is 3310. The van der Waals surface area contributed by atoms with Gasteiger partial charge in [-0.25, -0.2) is 4.99 Å². The van der Waals surface area contributed by atoms with Gasteiger partial charge in [-0.1, -0.05) is 189 Å². The summed E-state index contributed by atoms with van der Waals surface area (Å²) in [5.41, 5.74) is 19.8. The Balaban J connectivity index is 1.15. The lowest BCUT2D eigenvalue weighted by molar-refractivity contribution is 0.222. The van der Waals surface area contributed by atoms with Gasteiger partial charge in [-0.15, -0.1) is 0 Å². The molecule has 3 nitrogen and oxygen atoms in total. The van der Waals surface area contributed by atoms with Crippen LogP contribution in [0, 0.1) is 6.92 Å². The van der Waals surface area contributed by atoms with E-state index in [9.17, 15) is 0 Å². The van der Waals surface area contributed by atoms with E-state index in [1.807, 2.05) is 0 Å². The molecule has 0 fully saturated rings. The van der Waals surface area contributed by atoms with E-state index in [0.29, 0.717) is 5.70 Å². The summed E-state index contributed by atoms with van der Waals surface area (Å²) < 4.78 is 9.44. The highest BCUT2D eigenvalue weighted by atomic mass is 16.5. The Labute approximate surface area is 401 Å². The average Bonchev–Trinajstić information content (AvgIpc) is 3.87. The third kappa shape index (κ3) is 8.26. The second-order valence-electron chi connectivity index (χ2n) is 18.2. The van der Waals surface area contributed by atoms with Crippen molar-refractivity contribution >= 4 is 23.6 Å². The molecule has 0 radical (unpaired) electrons. The highest BCUT2D eigenvalue weighted by molar-refractivity contribution is 6.15. The standard InChI is InChI=1S/C65H54N2O/c1-44-22-9-8-20-39-67(61-33-15-7-14-30-54(44)61)62-43-59-53-28-17-16-27-52(40-53)55-31-18-19-32-56(55)60(59)42-58(62)46(3)66-64(50-37-35-49(36-38-50)47-23-12-6-13-24-47)65-45(2)57-41-51(29-21-34-63(57)68-65)48-25-10-4-5-11-26-48/h4-6,8-10,12-39,41-43,52-53,63H,3,7,11,40H2,1-2H3. The molecular weight excluding hydrogens is 825 g/mol. The molecule has 3 unspecified atom stereocenters. The van der Waals surface area contributed by atoms with Crippen LogP contribution in [0.15, 0.2) is 252 Å². The van der Waals surface area contributed by atoms with Crippen molar-refractivity contribution in [2.24, 2.45) is 4.99 Å². The molecule has 0 amide bonds. The molecule has 5 aromatic rings. The summed E-state index contributed by atoms with van der Waals surface area (Å²) in [4.78, 5) is 5.71. The van der Waals surface area contributed by atoms with E-state index >= 15 is 0 Å². The van der Waals surface area contributed by atoms with Crippen LogP contribution in [0.1, 0.15) is 77.1 Å². The van der Waals surface area contributed by atoms with E-state index in [1.54, 1.807) is 0 Å². The molecule has 330 valence electrons. The Morgan fingerprint density at radius 2 is 1.43 bits per heavy atom. The molecule has 0 spiro atoms. The van der Waals surface area contributed by atoms with Crippen LogP contribution in [0.3, 0.4) is 0 Å². The molecule has 68 heavy (non-hydrogen) atoms. The van der Waals surface area contributed by atoms with Crippen molar-refractivity contribution in [1.29, 1.82) is 0 Å². The molecule has 0 N–H and O–H groups in total. The van der Waals surface area contributed by atoms with Crippen molar-refractivity contribution in [1.82, 2.24) is 4.57 Å². The molecule has 3 atom stereocenters. The van der Waals surface area contributed by atoms with Crippen LogP contribution >= 0.6 is 0 Å². The zero-order valence-corrected chi connectivity index (χ0v) is 38.7. The Kier molecular flexibility index (Phi) is 11.7. The Morgan fingerprint density at radius 3 is 2.29 bits per heavy atom. The van der Waals surface area contributed by atoms with Crippen LogP contribution in [0.25, 0.3) is 45.8 Å².